The number of hydrogen-bond donors (Lipinski definition) is 2. The summed E-state index contributed by atoms with van der Waals surface area (Å²) < 4.78 is 0. The first-order chi connectivity index (χ1) is 9.10. The molecule has 0 aliphatic rings. The highest BCUT2D eigenvalue weighted by molar-refractivity contribution is 8.00. The van der Waals surface area contributed by atoms with Crippen molar-refractivity contribution in [3.8, 4) is 11.4 Å². The largest absolute Gasteiger partial charge is 0.369 e. The van der Waals surface area contributed by atoms with E-state index in [2.05, 4.69) is 34.2 Å². The molecule has 0 aliphatic heterocycles. The van der Waals surface area contributed by atoms with Gasteiger partial charge in [0.25, 0.3) is 0 Å². The van der Waals surface area contributed by atoms with Gasteiger partial charge in [-0.3, -0.25) is 9.89 Å². The summed E-state index contributed by atoms with van der Waals surface area (Å²) in [7, 11) is 0. The molecule has 0 bridgehead atoms. The van der Waals surface area contributed by atoms with Crippen LogP contribution < -0.4 is 5.73 Å². The number of aryl methyl sites for hydroxylation is 1. The van der Waals surface area contributed by atoms with Crippen LogP contribution in [0.1, 0.15) is 19.4 Å². The number of H-pyrrole nitrogens is 1. The lowest BCUT2D eigenvalue weighted by Gasteiger charge is -2.01. The van der Waals surface area contributed by atoms with Gasteiger partial charge < -0.3 is 5.73 Å². The first-order valence-corrected chi connectivity index (χ1v) is 6.95. The van der Waals surface area contributed by atoms with E-state index in [0.29, 0.717) is 11.0 Å². The predicted molar refractivity (Wildman–Crippen MR) is 75.7 cm³/mol. The SMILES string of the molecule is CCc1ccc(-c2nc(SC(C)C(N)=O)n[nH]2)cc1. The lowest BCUT2D eigenvalue weighted by Crippen LogP contribution is -2.22. The molecule has 5 nitrogen and oxygen atoms in total. The van der Waals surface area contributed by atoms with Crippen LogP contribution in [0.25, 0.3) is 11.4 Å². The zero-order valence-corrected chi connectivity index (χ0v) is 11.7. The summed E-state index contributed by atoms with van der Waals surface area (Å²) in [6, 6.07) is 8.14. The van der Waals surface area contributed by atoms with E-state index in [1.165, 1.54) is 17.3 Å². The molecule has 0 fully saturated rings. The number of amides is 1. The molecule has 1 unspecified atom stereocenters. The number of aromatic amines is 1. The Hall–Kier alpha value is -1.82. The van der Waals surface area contributed by atoms with Gasteiger partial charge in [-0.1, -0.05) is 43.0 Å². The fourth-order valence-corrected chi connectivity index (χ4v) is 2.22. The Labute approximate surface area is 116 Å². The molecule has 1 aromatic heterocycles. The van der Waals surface area contributed by atoms with Crippen LogP contribution in [0.5, 0.6) is 0 Å². The maximum atomic E-state index is 11.0. The average molecular weight is 276 g/mol. The second-order valence-electron chi connectivity index (χ2n) is 4.18. The summed E-state index contributed by atoms with van der Waals surface area (Å²) in [5.74, 6) is 0.325. The van der Waals surface area contributed by atoms with Crippen LogP contribution in [0.4, 0.5) is 0 Å². The lowest BCUT2D eigenvalue weighted by atomic mass is 10.1. The van der Waals surface area contributed by atoms with Gasteiger partial charge in [0.05, 0.1) is 5.25 Å². The van der Waals surface area contributed by atoms with Gasteiger partial charge in [-0.15, -0.1) is 5.10 Å². The Morgan fingerprint density at radius 1 is 1.42 bits per heavy atom. The van der Waals surface area contributed by atoms with Gasteiger partial charge in [0.2, 0.25) is 11.1 Å². The first-order valence-electron chi connectivity index (χ1n) is 6.08. The molecule has 0 saturated heterocycles. The second-order valence-corrected chi connectivity index (χ2v) is 5.49. The van der Waals surface area contributed by atoms with E-state index in [1.54, 1.807) is 6.92 Å². The third kappa shape index (κ3) is 3.35. The molecule has 0 saturated carbocycles. The normalized spacial score (nSPS) is 12.3. The molecule has 1 aromatic carbocycles. The number of nitrogens with one attached hydrogen (secondary N) is 1. The molecular weight excluding hydrogens is 260 g/mol. The first kappa shape index (κ1) is 13.6. The van der Waals surface area contributed by atoms with Crippen LogP contribution in [0, 0.1) is 0 Å². The van der Waals surface area contributed by atoms with Crippen molar-refractivity contribution in [2.45, 2.75) is 30.7 Å². The molecule has 6 heteroatoms. The lowest BCUT2D eigenvalue weighted by molar-refractivity contribution is -0.117. The number of carbonyl (C=O) groups is 1. The van der Waals surface area contributed by atoms with E-state index in [9.17, 15) is 4.79 Å². The van der Waals surface area contributed by atoms with Crippen molar-refractivity contribution in [2.75, 3.05) is 0 Å². The number of nitrogens with zero attached hydrogens (tertiary/aromatic N) is 2. The van der Waals surface area contributed by atoms with Crippen molar-refractivity contribution in [3.05, 3.63) is 29.8 Å². The standard InChI is InChI=1S/C13H16N4OS/c1-3-9-4-6-10(7-5-9)12-15-13(17-16-12)19-8(2)11(14)18/h4-8H,3H2,1-2H3,(H2,14,18)(H,15,16,17). The number of hydrogen-bond acceptors (Lipinski definition) is 4. The number of thioether (sulfide) groups is 1. The van der Waals surface area contributed by atoms with Gasteiger partial charge >= 0.3 is 0 Å². The monoisotopic (exact) mass is 276 g/mol. The number of rotatable bonds is 5. The second kappa shape index (κ2) is 5.88. The van der Waals surface area contributed by atoms with E-state index >= 15 is 0 Å². The maximum absolute atomic E-state index is 11.0. The Morgan fingerprint density at radius 3 is 2.68 bits per heavy atom. The molecule has 2 rings (SSSR count). The minimum Gasteiger partial charge on any atom is -0.369 e. The van der Waals surface area contributed by atoms with E-state index < -0.39 is 0 Å². The minimum atomic E-state index is -0.372. The number of nitrogens with two attached hydrogens (primary N) is 1. The van der Waals surface area contributed by atoms with Crippen LogP contribution in [0.15, 0.2) is 29.4 Å². The van der Waals surface area contributed by atoms with Crippen LogP contribution in [-0.2, 0) is 11.2 Å². The molecule has 100 valence electrons. The number of carbonyl (C=O) groups excluding carboxylic acids is 1. The summed E-state index contributed by atoms with van der Waals surface area (Å²) in [5, 5.41) is 7.13. The van der Waals surface area contributed by atoms with Gasteiger partial charge in [0.15, 0.2) is 5.82 Å². The number of aromatic nitrogens is 3. The summed E-state index contributed by atoms with van der Waals surface area (Å²) in [6.07, 6.45) is 1.01. The number of primary amides is 1. The Bertz CT molecular complexity index is 564. The van der Waals surface area contributed by atoms with Gasteiger partial charge in [-0.05, 0) is 18.9 Å². The predicted octanol–water partition coefficient (Wildman–Crippen LogP) is 2.00. The highest BCUT2D eigenvalue weighted by atomic mass is 32.2. The van der Waals surface area contributed by atoms with Crippen molar-refractivity contribution in [2.24, 2.45) is 5.73 Å². The third-order valence-electron chi connectivity index (χ3n) is 2.78. The third-order valence-corrected chi connectivity index (χ3v) is 3.76. The fraction of sp³-hybridized carbons (Fsp3) is 0.308. The van der Waals surface area contributed by atoms with E-state index in [0.717, 1.165) is 12.0 Å². The molecule has 2 aromatic rings. The molecule has 0 aliphatic carbocycles. The molecule has 19 heavy (non-hydrogen) atoms. The molecule has 0 spiro atoms. The zero-order chi connectivity index (χ0) is 13.8. The number of benzene rings is 1. The average Bonchev–Trinajstić information content (AvgIpc) is 2.87. The van der Waals surface area contributed by atoms with Crippen LogP contribution in [0.3, 0.4) is 0 Å². The van der Waals surface area contributed by atoms with E-state index in [4.69, 9.17) is 5.73 Å². The minimum absolute atomic E-state index is 0.342. The molecule has 3 N–H and O–H groups in total. The van der Waals surface area contributed by atoms with Crippen molar-refractivity contribution < 1.29 is 4.79 Å². The Kier molecular flexibility index (Phi) is 4.21. The van der Waals surface area contributed by atoms with E-state index in [-0.39, 0.29) is 11.2 Å². The van der Waals surface area contributed by atoms with Crippen LogP contribution in [0.2, 0.25) is 0 Å². The summed E-state index contributed by atoms with van der Waals surface area (Å²) in [6.45, 7) is 3.85. The van der Waals surface area contributed by atoms with Gasteiger partial charge in [-0.2, -0.15) is 0 Å². The van der Waals surface area contributed by atoms with Gasteiger partial charge in [-0.25, -0.2) is 4.98 Å². The topological polar surface area (TPSA) is 84.7 Å². The summed E-state index contributed by atoms with van der Waals surface area (Å²) >= 11 is 1.25. The van der Waals surface area contributed by atoms with Crippen molar-refractivity contribution in [1.29, 1.82) is 0 Å². The molecule has 1 amide bonds. The molecule has 1 atom stereocenters. The quantitative estimate of drug-likeness (QED) is 0.818. The summed E-state index contributed by atoms with van der Waals surface area (Å²) in [5.41, 5.74) is 7.46. The molecular formula is C13H16N4OS. The van der Waals surface area contributed by atoms with Crippen LogP contribution >= 0.6 is 11.8 Å². The fourth-order valence-electron chi connectivity index (χ4n) is 1.54. The smallest absolute Gasteiger partial charge is 0.230 e. The van der Waals surface area contributed by atoms with Crippen molar-refractivity contribution in [3.63, 3.8) is 0 Å². The van der Waals surface area contributed by atoms with Gasteiger partial charge in [0.1, 0.15) is 0 Å². The van der Waals surface area contributed by atoms with E-state index in [1.807, 2.05) is 12.1 Å². The van der Waals surface area contributed by atoms with Gasteiger partial charge in [0, 0.05) is 5.56 Å². The molecule has 0 radical (unpaired) electrons. The zero-order valence-electron chi connectivity index (χ0n) is 10.9. The Balaban J connectivity index is 2.13. The summed E-state index contributed by atoms with van der Waals surface area (Å²) in [4.78, 5) is 15.3. The highest BCUT2D eigenvalue weighted by Gasteiger charge is 2.14. The van der Waals surface area contributed by atoms with Crippen molar-refractivity contribution in [1.82, 2.24) is 15.2 Å². The Morgan fingerprint density at radius 2 is 2.11 bits per heavy atom. The highest BCUT2D eigenvalue weighted by Crippen LogP contribution is 2.22. The van der Waals surface area contributed by atoms with Crippen LogP contribution in [-0.4, -0.2) is 26.3 Å². The molecule has 1 heterocycles. The maximum Gasteiger partial charge on any atom is 0.230 e. The van der Waals surface area contributed by atoms with Crippen molar-refractivity contribution >= 4 is 17.7 Å².